The van der Waals surface area contributed by atoms with Crippen molar-refractivity contribution in [3.63, 3.8) is 0 Å². The molecule has 30 heteroatoms. The molecule has 504 valence electrons. The molecule has 0 spiro atoms. The Hall–Kier alpha value is -8.41. The molecule has 7 atom stereocenters. The smallest absolute Gasteiger partial charge is 0.303 e. The number of aromatic amines is 1. The highest BCUT2D eigenvalue weighted by Gasteiger charge is 2.34. The highest BCUT2D eigenvalue weighted by molar-refractivity contribution is 5.98. The van der Waals surface area contributed by atoms with Crippen molar-refractivity contribution in [2.24, 2.45) is 38.7 Å². The van der Waals surface area contributed by atoms with Crippen LogP contribution < -0.4 is 76.5 Å². The van der Waals surface area contributed by atoms with Gasteiger partial charge in [-0.05, 0) is 69.9 Å². The Labute approximate surface area is 527 Å². The third-order valence-corrected chi connectivity index (χ3v) is 14.6. The first kappa shape index (κ1) is 77.7. The number of aromatic nitrogens is 2. The highest BCUT2D eigenvalue weighted by atomic mass is 16.4. The zero-order valence-electron chi connectivity index (χ0n) is 52.5. The summed E-state index contributed by atoms with van der Waals surface area (Å²) in [5, 5.41) is 42.7. The van der Waals surface area contributed by atoms with Crippen molar-refractivity contribution in [1.82, 2.24) is 57.8 Å². The number of aliphatic hydroxyl groups excluding tert-OH is 1. The molecule has 30 nitrogen and oxygen atoms in total. The molecule has 0 saturated heterocycles. The van der Waals surface area contributed by atoms with Crippen LogP contribution in [0.25, 0.3) is 0 Å². The first-order chi connectivity index (χ1) is 43.2. The van der Waals surface area contributed by atoms with E-state index in [2.05, 4.69) is 74.7 Å². The fourth-order valence-corrected chi connectivity index (χ4v) is 9.56. The zero-order valence-corrected chi connectivity index (χ0v) is 52.5. The SMILES string of the molecule is CCCCCCCCCCCCCCCC(=O)N[C@@H](CO)C(=O)NCC(=O)N[C@@H](Cc1cnc[nH]1)C(=O)N[C@@H](Cc1ccccc1)C(=O)N[C@@H](CCCN=C(N)N)C(=O)N[C@@H](CCCCN)C(=O)N[C@@H](CCC(=O)O)C(=O)N[C@@H](CCCN=C(N)N)C(=O)NC. The molecule has 2 aromatic rings. The van der Waals surface area contributed by atoms with E-state index in [0.717, 1.165) is 25.7 Å². The van der Waals surface area contributed by atoms with Crippen molar-refractivity contribution in [3.8, 4) is 0 Å². The van der Waals surface area contributed by atoms with E-state index in [1.165, 1.54) is 70.9 Å². The predicted molar refractivity (Wildman–Crippen MR) is 340 cm³/mol. The van der Waals surface area contributed by atoms with Gasteiger partial charge in [-0.3, -0.25) is 57.9 Å². The summed E-state index contributed by atoms with van der Waals surface area (Å²) in [6, 6.07) is -1.17. The van der Waals surface area contributed by atoms with Gasteiger partial charge < -0.3 is 91.7 Å². The molecule has 90 heavy (non-hydrogen) atoms. The monoisotopic (exact) mass is 1270 g/mol. The van der Waals surface area contributed by atoms with Crippen LogP contribution in [0.5, 0.6) is 0 Å². The fourth-order valence-electron chi connectivity index (χ4n) is 9.56. The van der Waals surface area contributed by atoms with Gasteiger partial charge in [-0.1, -0.05) is 114 Å². The highest BCUT2D eigenvalue weighted by Crippen LogP contribution is 2.15. The number of carboxylic acids is 1. The van der Waals surface area contributed by atoms with Crippen LogP contribution in [-0.2, 0) is 60.8 Å². The summed E-state index contributed by atoms with van der Waals surface area (Å²) in [5.41, 5.74) is 28.7. The van der Waals surface area contributed by atoms with E-state index in [9.17, 15) is 58.2 Å². The number of H-pyrrole nitrogens is 1. The molecule has 0 fully saturated rings. The van der Waals surface area contributed by atoms with Crippen LogP contribution in [-0.4, -0.2) is 173 Å². The second-order valence-electron chi connectivity index (χ2n) is 22.1. The van der Waals surface area contributed by atoms with E-state index in [-0.39, 0.29) is 89.3 Å². The number of carbonyl (C=O) groups excluding carboxylic acids is 9. The maximum absolute atomic E-state index is 14.7. The molecule has 0 radical (unpaired) electrons. The largest absolute Gasteiger partial charge is 0.481 e. The molecule has 2 rings (SSSR count). The maximum Gasteiger partial charge on any atom is 0.303 e. The number of hydrogen-bond donors (Lipinski definition) is 17. The number of benzene rings is 1. The number of nitrogens with one attached hydrogen (secondary N) is 10. The van der Waals surface area contributed by atoms with E-state index in [1.807, 2.05) is 0 Å². The van der Waals surface area contributed by atoms with Crippen LogP contribution in [0, 0.1) is 0 Å². The van der Waals surface area contributed by atoms with Crippen molar-refractivity contribution in [2.75, 3.05) is 39.8 Å². The lowest BCUT2D eigenvalue weighted by molar-refractivity contribution is -0.138. The normalized spacial score (nSPS) is 13.2. The van der Waals surface area contributed by atoms with Gasteiger partial charge in [-0.15, -0.1) is 0 Å². The number of aliphatic imine (C=N–C) groups is 2. The minimum absolute atomic E-state index is 0.00253. The van der Waals surface area contributed by atoms with Crippen molar-refractivity contribution < 1.29 is 58.2 Å². The minimum Gasteiger partial charge on any atom is -0.481 e. The van der Waals surface area contributed by atoms with Crippen molar-refractivity contribution in [2.45, 2.75) is 210 Å². The van der Waals surface area contributed by atoms with Gasteiger partial charge in [0.05, 0.1) is 19.5 Å². The Balaban J connectivity index is 2.33. The molecule has 0 aliphatic rings. The molecule has 22 N–H and O–H groups in total. The first-order valence-electron chi connectivity index (χ1n) is 31.5. The van der Waals surface area contributed by atoms with Gasteiger partial charge in [0.1, 0.15) is 42.3 Å². The maximum atomic E-state index is 14.7. The number of nitrogens with two attached hydrogens (primary N) is 5. The minimum atomic E-state index is -1.52. The summed E-state index contributed by atoms with van der Waals surface area (Å²) in [4.78, 5) is 150. The molecule has 1 heterocycles. The Kier molecular flexibility index (Phi) is 40.3. The number of rotatable bonds is 50. The summed E-state index contributed by atoms with van der Waals surface area (Å²) >= 11 is 0. The van der Waals surface area contributed by atoms with Crippen LogP contribution in [0.1, 0.15) is 166 Å². The summed E-state index contributed by atoms with van der Waals surface area (Å²) in [6.07, 6.45) is 17.3. The summed E-state index contributed by atoms with van der Waals surface area (Å²) in [6.45, 7) is 1.13. The van der Waals surface area contributed by atoms with E-state index in [4.69, 9.17) is 28.7 Å². The number of imidazole rings is 1. The predicted octanol–water partition coefficient (Wildman–Crippen LogP) is -0.975. The zero-order chi connectivity index (χ0) is 66.5. The summed E-state index contributed by atoms with van der Waals surface area (Å²) in [7, 11) is 1.35. The molecule has 1 aromatic carbocycles. The molecule has 0 aliphatic carbocycles. The number of carbonyl (C=O) groups is 10. The van der Waals surface area contributed by atoms with Crippen LogP contribution in [0.3, 0.4) is 0 Å². The van der Waals surface area contributed by atoms with Crippen LogP contribution in [0.15, 0.2) is 52.8 Å². The Morgan fingerprint density at radius 1 is 0.511 bits per heavy atom. The van der Waals surface area contributed by atoms with Crippen molar-refractivity contribution in [3.05, 3.63) is 54.1 Å². The molecule has 9 amide bonds. The number of aliphatic hydroxyl groups is 1. The van der Waals surface area contributed by atoms with Gasteiger partial charge in [0.2, 0.25) is 53.2 Å². The van der Waals surface area contributed by atoms with Crippen LogP contribution in [0.2, 0.25) is 0 Å². The average Bonchev–Trinajstić information content (AvgIpc) is 2.88. The van der Waals surface area contributed by atoms with Crippen molar-refractivity contribution >= 4 is 71.1 Å². The third-order valence-electron chi connectivity index (χ3n) is 14.6. The number of nitrogens with zero attached hydrogens (tertiary/aromatic N) is 3. The summed E-state index contributed by atoms with van der Waals surface area (Å²) in [5.74, 6) is -8.86. The lowest BCUT2D eigenvalue weighted by Crippen LogP contribution is -2.60. The topological polar surface area (TPSA) is 503 Å². The van der Waals surface area contributed by atoms with Crippen LogP contribution in [0.4, 0.5) is 0 Å². The standard InChI is InChI=1S/C60H102N18O12/c1-3-4-5-6-7-8-9-10-11-12-13-14-18-28-49(80)73-48(38-79)53(85)70-37-50(81)72-47(35-41-36-67-39-71-41)58(90)78-46(34-40-23-16-15-17-24-40)57(89)76-44(27-22-33-69-60(64)65)55(87)75-43(25-19-20-31-61)54(86)77-45(29-30-51(82)83)56(88)74-42(52(84)66-2)26-21-32-68-59(62)63/h15-17,23-24,36,39,42-48,79H,3-14,18-22,25-35,37-38,61H2,1-2H3,(H,66,84)(H,67,71)(H,70,85)(H,72,81)(H,73,80)(H,74,88)(H,75,87)(H,76,89)(H,77,86)(H,78,90)(H,82,83)(H4,62,63,68)(H4,64,65,69)/t42-,43-,44-,45-,46-,47-,48-/m0/s1. The molecule has 0 aliphatic heterocycles. The molecule has 1 aromatic heterocycles. The van der Waals surface area contributed by atoms with Gasteiger partial charge in [0, 0.05) is 57.7 Å². The first-order valence-corrected chi connectivity index (χ1v) is 31.5. The molecule has 0 bridgehead atoms. The van der Waals surface area contributed by atoms with Crippen LogP contribution >= 0.6 is 0 Å². The van der Waals surface area contributed by atoms with Gasteiger partial charge in [0.25, 0.3) is 0 Å². The van der Waals surface area contributed by atoms with E-state index in [1.54, 1.807) is 30.3 Å². The van der Waals surface area contributed by atoms with E-state index >= 15 is 0 Å². The third kappa shape index (κ3) is 35.0. The number of carboxylic acid groups (broad SMARTS) is 1. The quantitative estimate of drug-likeness (QED) is 0.0215. The second kappa shape index (κ2) is 46.7. The lowest BCUT2D eigenvalue weighted by Gasteiger charge is -2.28. The number of hydrogen-bond acceptors (Lipinski definition) is 15. The van der Waals surface area contributed by atoms with Gasteiger partial charge in [-0.2, -0.15) is 0 Å². The number of amides is 9. The molecular weight excluding hydrogens is 1160 g/mol. The summed E-state index contributed by atoms with van der Waals surface area (Å²) < 4.78 is 0. The van der Waals surface area contributed by atoms with E-state index in [0.29, 0.717) is 24.1 Å². The number of guanidine groups is 2. The fraction of sp³-hybridized carbons (Fsp3) is 0.650. The second-order valence-corrected chi connectivity index (χ2v) is 22.1. The van der Waals surface area contributed by atoms with Gasteiger partial charge in [-0.25, -0.2) is 4.98 Å². The van der Waals surface area contributed by atoms with Gasteiger partial charge >= 0.3 is 5.97 Å². The Morgan fingerprint density at radius 2 is 0.967 bits per heavy atom. The Morgan fingerprint density at radius 3 is 1.43 bits per heavy atom. The number of aliphatic carboxylic acids is 1. The van der Waals surface area contributed by atoms with Gasteiger partial charge in [0.15, 0.2) is 11.9 Å². The number of likely N-dealkylation sites (N-methyl/N-ethyl adjacent to an activating group) is 1. The molecule has 0 saturated carbocycles. The lowest BCUT2D eigenvalue weighted by atomic mass is 10.0. The molecular formula is C60H102N18O12. The average molecular weight is 1270 g/mol. The number of unbranched alkanes of at least 4 members (excludes halogenated alkanes) is 13. The van der Waals surface area contributed by atoms with Crippen molar-refractivity contribution in [1.29, 1.82) is 0 Å². The van der Waals surface area contributed by atoms with E-state index < -0.39 is 127 Å². The Bertz CT molecular complexity index is 2530. The molecule has 0 unspecified atom stereocenters.